The van der Waals surface area contributed by atoms with Crippen molar-refractivity contribution < 1.29 is 0 Å². The van der Waals surface area contributed by atoms with E-state index in [1.165, 1.54) is 109 Å². The second-order valence-corrected chi connectivity index (χ2v) is 9.20. The van der Waals surface area contributed by atoms with E-state index in [1.807, 2.05) is 0 Å². The molecule has 3 unspecified atom stereocenters. The van der Waals surface area contributed by atoms with Gasteiger partial charge in [0.25, 0.3) is 0 Å². The van der Waals surface area contributed by atoms with Crippen LogP contribution >= 0.6 is 0 Å². The molecule has 25 heavy (non-hydrogen) atoms. The van der Waals surface area contributed by atoms with Gasteiger partial charge in [0, 0.05) is 0 Å². The van der Waals surface area contributed by atoms with Gasteiger partial charge < -0.3 is 0 Å². The largest absolute Gasteiger partial charge is 0.0654 e. The van der Waals surface area contributed by atoms with Gasteiger partial charge in [0.1, 0.15) is 0 Å². The first-order chi connectivity index (χ1) is 12.1. The number of hydrogen-bond acceptors (Lipinski definition) is 0. The molecule has 0 fully saturated rings. The zero-order valence-corrected chi connectivity index (χ0v) is 18.8. The molecule has 0 aromatic rings. The average molecular weight is 353 g/mol. The van der Waals surface area contributed by atoms with E-state index in [1.54, 1.807) is 0 Å². The van der Waals surface area contributed by atoms with Crippen molar-refractivity contribution in [2.45, 2.75) is 144 Å². The quantitative estimate of drug-likeness (QED) is 0.203. The minimum absolute atomic E-state index is 0.944. The van der Waals surface area contributed by atoms with E-state index >= 15 is 0 Å². The zero-order chi connectivity index (χ0) is 18.8. The van der Waals surface area contributed by atoms with Crippen LogP contribution in [0.1, 0.15) is 144 Å². The summed E-state index contributed by atoms with van der Waals surface area (Å²) in [7, 11) is 0. The summed E-state index contributed by atoms with van der Waals surface area (Å²) < 4.78 is 0. The molecule has 0 aliphatic rings. The van der Waals surface area contributed by atoms with Crippen molar-refractivity contribution in [2.24, 2.45) is 17.8 Å². The molecule has 0 heterocycles. The van der Waals surface area contributed by atoms with Crippen LogP contribution in [-0.4, -0.2) is 0 Å². The second-order valence-electron chi connectivity index (χ2n) is 9.20. The molecule has 0 N–H and O–H groups in total. The molecule has 152 valence electrons. The van der Waals surface area contributed by atoms with E-state index < -0.39 is 0 Å². The molecule has 0 aromatic carbocycles. The van der Waals surface area contributed by atoms with Crippen LogP contribution in [0.5, 0.6) is 0 Å². The Hall–Kier alpha value is 0. The van der Waals surface area contributed by atoms with Gasteiger partial charge in [0.2, 0.25) is 0 Å². The summed E-state index contributed by atoms with van der Waals surface area (Å²) in [6.07, 6.45) is 24.7. The highest BCUT2D eigenvalue weighted by molar-refractivity contribution is 4.60. The third kappa shape index (κ3) is 18.6. The lowest BCUT2D eigenvalue weighted by Gasteiger charge is -2.15. The SMILES string of the molecule is CCCCCCCC(C)CCC(C)CCCCCCCCC(C)CC. The van der Waals surface area contributed by atoms with Gasteiger partial charge in [-0.2, -0.15) is 0 Å². The van der Waals surface area contributed by atoms with E-state index in [9.17, 15) is 0 Å². The van der Waals surface area contributed by atoms with Crippen LogP contribution < -0.4 is 0 Å². The van der Waals surface area contributed by atoms with E-state index in [2.05, 4.69) is 34.6 Å². The van der Waals surface area contributed by atoms with Gasteiger partial charge in [0.05, 0.1) is 0 Å². The van der Waals surface area contributed by atoms with E-state index in [0.29, 0.717) is 0 Å². The maximum atomic E-state index is 2.49. The molecule has 0 saturated heterocycles. The predicted molar refractivity (Wildman–Crippen MR) is 117 cm³/mol. The molecule has 0 amide bonds. The van der Waals surface area contributed by atoms with Crippen molar-refractivity contribution in [3.8, 4) is 0 Å². The maximum absolute atomic E-state index is 2.49. The van der Waals surface area contributed by atoms with Crippen LogP contribution in [0.2, 0.25) is 0 Å². The van der Waals surface area contributed by atoms with Gasteiger partial charge in [0.15, 0.2) is 0 Å². The summed E-state index contributed by atoms with van der Waals surface area (Å²) in [4.78, 5) is 0. The number of unbranched alkanes of at least 4 members (excludes halogenated alkanes) is 9. The third-order valence-electron chi connectivity index (χ3n) is 6.29. The second kappa shape index (κ2) is 18.8. The Bertz CT molecular complexity index is 244. The molecule has 0 bridgehead atoms. The van der Waals surface area contributed by atoms with Gasteiger partial charge in [-0.25, -0.2) is 0 Å². The first-order valence-electron chi connectivity index (χ1n) is 12.1. The summed E-state index contributed by atoms with van der Waals surface area (Å²) in [5, 5.41) is 0. The predicted octanol–water partition coefficient (Wildman–Crippen LogP) is 9.57. The number of hydrogen-bond donors (Lipinski definition) is 0. The Morgan fingerprint density at radius 3 is 1.16 bits per heavy atom. The monoisotopic (exact) mass is 352 g/mol. The summed E-state index contributed by atoms with van der Waals surface area (Å²) in [6.45, 7) is 12.0. The highest BCUT2D eigenvalue weighted by Gasteiger charge is 2.07. The Labute approximate surface area is 161 Å². The summed E-state index contributed by atoms with van der Waals surface area (Å²) >= 11 is 0. The molecule has 0 aliphatic heterocycles. The van der Waals surface area contributed by atoms with E-state index in [4.69, 9.17) is 0 Å². The molecule has 0 rings (SSSR count). The van der Waals surface area contributed by atoms with Crippen molar-refractivity contribution in [2.75, 3.05) is 0 Å². The summed E-state index contributed by atoms with van der Waals surface area (Å²) in [6, 6.07) is 0. The van der Waals surface area contributed by atoms with Crippen molar-refractivity contribution >= 4 is 0 Å². The van der Waals surface area contributed by atoms with Gasteiger partial charge in [-0.05, 0) is 17.8 Å². The first kappa shape index (κ1) is 25.0. The van der Waals surface area contributed by atoms with E-state index in [0.717, 1.165) is 17.8 Å². The molecule has 0 heteroatoms. The van der Waals surface area contributed by atoms with Crippen LogP contribution in [0.15, 0.2) is 0 Å². The van der Waals surface area contributed by atoms with Crippen molar-refractivity contribution in [1.29, 1.82) is 0 Å². The van der Waals surface area contributed by atoms with Crippen LogP contribution in [-0.2, 0) is 0 Å². The Morgan fingerprint density at radius 2 is 0.760 bits per heavy atom. The van der Waals surface area contributed by atoms with Gasteiger partial charge in [-0.15, -0.1) is 0 Å². The van der Waals surface area contributed by atoms with Gasteiger partial charge in [-0.1, -0.05) is 144 Å². The van der Waals surface area contributed by atoms with Crippen molar-refractivity contribution in [1.82, 2.24) is 0 Å². The van der Waals surface area contributed by atoms with Gasteiger partial charge in [-0.3, -0.25) is 0 Å². The molecule has 0 spiro atoms. The molecule has 0 radical (unpaired) electrons. The van der Waals surface area contributed by atoms with Crippen LogP contribution in [0.4, 0.5) is 0 Å². The molecule has 3 atom stereocenters. The molecular weight excluding hydrogens is 300 g/mol. The Balaban J connectivity index is 3.33. The van der Waals surface area contributed by atoms with Crippen molar-refractivity contribution in [3.05, 3.63) is 0 Å². The molecule has 0 aliphatic carbocycles. The van der Waals surface area contributed by atoms with Crippen LogP contribution in [0, 0.1) is 17.8 Å². The minimum atomic E-state index is 0.944. The van der Waals surface area contributed by atoms with Crippen LogP contribution in [0.3, 0.4) is 0 Å². The fraction of sp³-hybridized carbons (Fsp3) is 1.00. The number of rotatable bonds is 19. The molecule has 0 saturated carbocycles. The molecular formula is C25H52. The van der Waals surface area contributed by atoms with Crippen molar-refractivity contribution in [3.63, 3.8) is 0 Å². The Kier molecular flexibility index (Phi) is 18.8. The maximum Gasteiger partial charge on any atom is -0.0443 e. The third-order valence-corrected chi connectivity index (χ3v) is 6.29. The smallest absolute Gasteiger partial charge is 0.0443 e. The Morgan fingerprint density at radius 1 is 0.400 bits per heavy atom. The fourth-order valence-corrected chi connectivity index (χ4v) is 3.85. The summed E-state index contributed by atoms with van der Waals surface area (Å²) in [5.74, 6) is 2.85. The zero-order valence-electron chi connectivity index (χ0n) is 18.8. The molecule has 0 aromatic heterocycles. The highest BCUT2D eigenvalue weighted by atomic mass is 14.1. The molecule has 0 nitrogen and oxygen atoms in total. The average Bonchev–Trinajstić information content (AvgIpc) is 2.61. The first-order valence-corrected chi connectivity index (χ1v) is 12.1. The topological polar surface area (TPSA) is 0 Å². The highest BCUT2D eigenvalue weighted by Crippen LogP contribution is 2.22. The van der Waals surface area contributed by atoms with E-state index in [-0.39, 0.29) is 0 Å². The summed E-state index contributed by atoms with van der Waals surface area (Å²) in [5.41, 5.74) is 0. The standard InChI is InChI=1S/C25H52/c1-6-8-9-12-16-19-24(4)21-22-25(5)20-17-14-11-10-13-15-18-23(3)7-2/h23-25H,6-22H2,1-5H3. The minimum Gasteiger partial charge on any atom is -0.0654 e. The lowest BCUT2D eigenvalue weighted by molar-refractivity contribution is 0.377. The lowest BCUT2D eigenvalue weighted by Crippen LogP contribution is -2.01. The fourth-order valence-electron chi connectivity index (χ4n) is 3.85. The normalized spacial score (nSPS) is 15.2. The lowest BCUT2D eigenvalue weighted by atomic mass is 9.91. The van der Waals surface area contributed by atoms with Gasteiger partial charge >= 0.3 is 0 Å². The van der Waals surface area contributed by atoms with Crippen LogP contribution in [0.25, 0.3) is 0 Å².